The number of aromatic nitrogens is 4. The molecule has 0 bridgehead atoms. The van der Waals surface area contributed by atoms with E-state index in [1.165, 1.54) is 71.5 Å². The maximum atomic E-state index is 7.21. The lowest BCUT2D eigenvalue weighted by Crippen LogP contribution is -2.38. The summed E-state index contributed by atoms with van der Waals surface area (Å²) in [5.74, 6) is 1.93. The fraction of sp³-hybridized carbons (Fsp3) is 0.0625. The van der Waals surface area contributed by atoms with Crippen LogP contribution in [-0.4, -0.2) is 66.6 Å². The summed E-state index contributed by atoms with van der Waals surface area (Å²) in [6, 6.07) is 43.0. The van der Waals surface area contributed by atoms with E-state index in [4.69, 9.17) is 19.4 Å². The van der Waals surface area contributed by atoms with Gasteiger partial charge in [0.25, 0.3) is 0 Å². The zero-order valence-electron chi connectivity index (χ0n) is 34.7. The van der Waals surface area contributed by atoms with Crippen molar-refractivity contribution in [1.29, 1.82) is 0 Å². The van der Waals surface area contributed by atoms with E-state index in [-0.39, 0.29) is 5.41 Å². The third kappa shape index (κ3) is 4.97. The Morgan fingerprint density at radius 2 is 1.03 bits per heavy atom. The second kappa shape index (κ2) is 12.8. The lowest BCUT2D eigenvalue weighted by atomic mass is 9.68. The molecular formula is C48H38B6N4O. The van der Waals surface area contributed by atoms with Crippen molar-refractivity contribution in [2.45, 2.75) is 19.3 Å². The molecule has 3 aromatic heterocycles. The van der Waals surface area contributed by atoms with Crippen molar-refractivity contribution in [3.8, 4) is 51.0 Å². The number of benzene rings is 7. The van der Waals surface area contributed by atoms with E-state index >= 15 is 0 Å². The highest BCUT2D eigenvalue weighted by molar-refractivity contribution is 6.64. The Bertz CT molecular complexity index is 3370. The third-order valence-corrected chi connectivity index (χ3v) is 13.4. The Balaban J connectivity index is 1.18. The first-order chi connectivity index (χ1) is 28.5. The molecule has 10 aromatic rings. The molecule has 0 radical (unpaired) electrons. The molecule has 274 valence electrons. The zero-order valence-corrected chi connectivity index (χ0v) is 34.7. The average Bonchev–Trinajstić information content (AvgIpc) is 3.89. The van der Waals surface area contributed by atoms with E-state index in [0.717, 1.165) is 49.6 Å². The highest BCUT2D eigenvalue weighted by Crippen LogP contribution is 2.51. The van der Waals surface area contributed by atoms with Gasteiger partial charge in [-0.3, -0.25) is 0 Å². The standard InChI is InChI=1S/C48H38B6N4O/c1-48(2)29-19-11-9-17-25(29)27-21-28-26-18-10-12-20-31(26)58(32(28)22-30(27)48)42-40(53)37(50)34-33-36(49)38(51)35(39(52)43(33)59-44(34)41(42)54)47-56-45(23-13-5-3-6-14-23)55-46(57-47)24-15-7-4-8-16-24/h3-22H,49-54H2,1-2H3. The van der Waals surface area contributed by atoms with Crippen LogP contribution in [-0.2, 0) is 5.41 Å². The number of furan rings is 1. The number of hydrogen-bond acceptors (Lipinski definition) is 4. The lowest BCUT2D eigenvalue weighted by Gasteiger charge is -2.22. The quantitative estimate of drug-likeness (QED) is 0.258. The monoisotopic (exact) mass is 752 g/mol. The van der Waals surface area contributed by atoms with E-state index in [1.807, 2.05) is 36.4 Å². The smallest absolute Gasteiger partial charge is 0.164 e. The summed E-state index contributed by atoms with van der Waals surface area (Å²) >= 11 is 0. The van der Waals surface area contributed by atoms with Crippen LogP contribution in [0.5, 0.6) is 0 Å². The Kier molecular flexibility index (Phi) is 7.72. The molecule has 11 heteroatoms. The van der Waals surface area contributed by atoms with Crippen LogP contribution in [0.4, 0.5) is 0 Å². The molecule has 0 aliphatic heterocycles. The molecule has 0 saturated heterocycles. The van der Waals surface area contributed by atoms with Gasteiger partial charge in [0.2, 0.25) is 0 Å². The largest absolute Gasteiger partial charge is 0.457 e. The first-order valence-corrected chi connectivity index (χ1v) is 20.6. The van der Waals surface area contributed by atoms with Gasteiger partial charge in [-0.05, 0) is 51.4 Å². The van der Waals surface area contributed by atoms with E-state index in [9.17, 15) is 0 Å². The van der Waals surface area contributed by atoms with Crippen LogP contribution in [0.15, 0.2) is 126 Å². The normalized spacial score (nSPS) is 13.1. The van der Waals surface area contributed by atoms with Crippen LogP contribution in [0.2, 0.25) is 0 Å². The van der Waals surface area contributed by atoms with Crippen molar-refractivity contribution < 1.29 is 4.42 Å². The average molecular weight is 752 g/mol. The third-order valence-electron chi connectivity index (χ3n) is 13.4. The first kappa shape index (κ1) is 35.7. The Labute approximate surface area is 348 Å². The van der Waals surface area contributed by atoms with Gasteiger partial charge in [-0.2, -0.15) is 0 Å². The van der Waals surface area contributed by atoms with Gasteiger partial charge in [-0.25, -0.2) is 15.0 Å². The predicted octanol–water partition coefficient (Wildman–Crippen LogP) is 1.73. The summed E-state index contributed by atoms with van der Waals surface area (Å²) in [5.41, 5.74) is 20.5. The molecule has 3 heterocycles. The second-order valence-corrected chi connectivity index (χ2v) is 17.0. The van der Waals surface area contributed by atoms with E-state index in [1.54, 1.807) is 0 Å². The maximum Gasteiger partial charge on any atom is 0.164 e. The lowest BCUT2D eigenvalue weighted by molar-refractivity contribution is 0.661. The van der Waals surface area contributed by atoms with Crippen molar-refractivity contribution in [1.82, 2.24) is 19.5 Å². The summed E-state index contributed by atoms with van der Waals surface area (Å²) in [4.78, 5) is 15.3. The highest BCUT2D eigenvalue weighted by Gasteiger charge is 2.36. The predicted molar refractivity (Wildman–Crippen MR) is 264 cm³/mol. The molecule has 0 unspecified atom stereocenters. The first-order valence-electron chi connectivity index (χ1n) is 20.6. The van der Waals surface area contributed by atoms with E-state index in [0.29, 0.717) is 17.5 Å². The number of para-hydroxylation sites is 1. The van der Waals surface area contributed by atoms with E-state index < -0.39 is 0 Å². The molecule has 59 heavy (non-hydrogen) atoms. The minimum Gasteiger partial charge on any atom is -0.457 e. The van der Waals surface area contributed by atoms with Gasteiger partial charge >= 0.3 is 0 Å². The van der Waals surface area contributed by atoms with Gasteiger partial charge in [0.05, 0.1) is 11.0 Å². The molecule has 5 nitrogen and oxygen atoms in total. The topological polar surface area (TPSA) is 56.7 Å². The maximum absolute atomic E-state index is 7.21. The van der Waals surface area contributed by atoms with Crippen LogP contribution < -0.4 is 32.8 Å². The summed E-state index contributed by atoms with van der Waals surface area (Å²) in [7, 11) is 13.4. The zero-order chi connectivity index (χ0) is 40.5. The van der Waals surface area contributed by atoms with Crippen molar-refractivity contribution in [2.75, 3.05) is 0 Å². The van der Waals surface area contributed by atoms with Crippen molar-refractivity contribution in [2.24, 2.45) is 0 Å². The van der Waals surface area contributed by atoms with Gasteiger partial charge in [-0.1, -0.05) is 139 Å². The molecule has 0 spiro atoms. The second-order valence-electron chi connectivity index (χ2n) is 17.0. The van der Waals surface area contributed by atoms with E-state index in [2.05, 4.69) is 150 Å². The summed E-state index contributed by atoms with van der Waals surface area (Å²) < 4.78 is 9.71. The molecule has 1 aliphatic rings. The Hall–Kier alpha value is -6.46. The van der Waals surface area contributed by atoms with Crippen molar-refractivity contribution >= 4 is 124 Å². The molecule has 7 aromatic carbocycles. The summed E-state index contributed by atoms with van der Waals surface area (Å²) in [6.07, 6.45) is 0. The molecule has 0 atom stereocenters. The van der Waals surface area contributed by atoms with Crippen LogP contribution in [0.3, 0.4) is 0 Å². The minimum absolute atomic E-state index is 0.114. The number of nitrogens with zero attached hydrogens (tertiary/aromatic N) is 4. The van der Waals surface area contributed by atoms with Crippen LogP contribution in [0.25, 0.3) is 94.7 Å². The Morgan fingerprint density at radius 3 is 1.71 bits per heavy atom. The summed E-state index contributed by atoms with van der Waals surface area (Å²) in [5, 5.41) is 4.86. The number of fused-ring (bicyclic) bond motifs is 9. The SMILES string of the molecule is Bc1c(-c2nc(-c3ccccc3)nc(-c3ccccc3)n2)c(B)c2oc3c(B)c(-n4c5ccccc5c5cc6c(cc54)C(C)(C)c4ccccc4-6)c(B)c(B)c3c2c1B. The Morgan fingerprint density at radius 1 is 0.475 bits per heavy atom. The van der Waals surface area contributed by atoms with Crippen molar-refractivity contribution in [3.05, 3.63) is 132 Å². The van der Waals surface area contributed by atoms with Gasteiger partial charge < -0.3 is 8.98 Å². The van der Waals surface area contributed by atoms with Crippen LogP contribution in [0.1, 0.15) is 25.0 Å². The minimum atomic E-state index is -0.114. The number of rotatable bonds is 4. The summed E-state index contributed by atoms with van der Waals surface area (Å²) in [6.45, 7) is 4.72. The van der Waals surface area contributed by atoms with Crippen molar-refractivity contribution in [3.63, 3.8) is 0 Å². The van der Waals surface area contributed by atoms with Gasteiger partial charge in [0, 0.05) is 49.3 Å². The number of hydrogen-bond donors (Lipinski definition) is 0. The fourth-order valence-corrected chi connectivity index (χ4v) is 10.2. The van der Waals surface area contributed by atoms with Crippen LogP contribution in [0, 0.1) is 0 Å². The molecule has 0 N–H and O–H groups in total. The van der Waals surface area contributed by atoms with Gasteiger partial charge in [0.15, 0.2) is 17.5 Å². The molecule has 0 saturated carbocycles. The molecule has 0 amide bonds. The van der Waals surface area contributed by atoms with Crippen LogP contribution >= 0.6 is 0 Å². The molecular weight excluding hydrogens is 713 g/mol. The molecule has 0 fully saturated rings. The molecule has 1 aliphatic carbocycles. The van der Waals surface area contributed by atoms with Gasteiger partial charge in [-0.15, -0.1) is 0 Å². The molecule has 11 rings (SSSR count). The highest BCUT2D eigenvalue weighted by atomic mass is 16.3. The van der Waals surface area contributed by atoms with Gasteiger partial charge in [0.1, 0.15) is 58.2 Å². The fourth-order valence-electron chi connectivity index (χ4n) is 10.2.